The van der Waals surface area contributed by atoms with Gasteiger partial charge in [0.05, 0.1) is 18.6 Å². The molecule has 0 rings (SSSR count). The second-order valence-corrected chi connectivity index (χ2v) is 4.26. The summed E-state index contributed by atoms with van der Waals surface area (Å²) >= 11 is 0. The fourth-order valence-corrected chi connectivity index (χ4v) is 1.56. The zero-order chi connectivity index (χ0) is 13.6. The summed E-state index contributed by atoms with van der Waals surface area (Å²) in [6, 6.07) is 0. The Morgan fingerprint density at radius 2 is 1.53 bits per heavy atom. The number of nitrogens with two attached hydrogens (primary N) is 3. The summed E-state index contributed by atoms with van der Waals surface area (Å²) in [7, 11) is 0. The number of carbonyl (C=O) groups is 3. The number of primary amides is 2. The van der Waals surface area contributed by atoms with Crippen LogP contribution in [0.5, 0.6) is 0 Å². The topological polar surface area (TPSA) is 133 Å². The van der Waals surface area contributed by atoms with Crippen molar-refractivity contribution >= 4 is 17.7 Å². The van der Waals surface area contributed by atoms with Crippen LogP contribution < -0.4 is 17.2 Å². The van der Waals surface area contributed by atoms with E-state index in [0.717, 1.165) is 4.90 Å². The van der Waals surface area contributed by atoms with Gasteiger partial charge in [0, 0.05) is 0 Å². The number of hydrogen-bond donors (Lipinski definition) is 3. The van der Waals surface area contributed by atoms with E-state index in [0.29, 0.717) is 12.8 Å². The van der Waals surface area contributed by atoms with Gasteiger partial charge in [0.2, 0.25) is 17.7 Å². The van der Waals surface area contributed by atoms with Crippen LogP contribution in [-0.2, 0) is 14.4 Å². The molecule has 0 aromatic carbocycles. The van der Waals surface area contributed by atoms with Crippen molar-refractivity contribution in [2.45, 2.75) is 32.2 Å². The van der Waals surface area contributed by atoms with E-state index in [2.05, 4.69) is 0 Å². The Labute approximate surface area is 100 Å². The van der Waals surface area contributed by atoms with Crippen LogP contribution in [0, 0.1) is 0 Å². The molecule has 1 atom stereocenters. The molecule has 0 radical (unpaired) electrons. The molecule has 0 aliphatic rings. The molecule has 0 aliphatic carbocycles. The van der Waals surface area contributed by atoms with Crippen molar-refractivity contribution in [1.29, 1.82) is 0 Å². The standard InChI is InChI=1S/C10H20N4O3/c1-3-4-10(2,13)9(17)14(5-7(11)15)6-8(12)16/h3-6,13H2,1-2H3,(H2,11,15)(H2,12,16). The first kappa shape index (κ1) is 15.4. The van der Waals surface area contributed by atoms with Crippen molar-refractivity contribution in [3.8, 4) is 0 Å². The first-order valence-corrected chi connectivity index (χ1v) is 5.35. The number of amides is 3. The highest BCUT2D eigenvalue weighted by atomic mass is 16.2. The Morgan fingerprint density at radius 3 is 1.82 bits per heavy atom. The van der Waals surface area contributed by atoms with E-state index < -0.39 is 23.3 Å². The molecule has 98 valence electrons. The first-order valence-electron chi connectivity index (χ1n) is 5.35. The van der Waals surface area contributed by atoms with E-state index in [4.69, 9.17) is 17.2 Å². The molecule has 0 bridgehead atoms. The van der Waals surface area contributed by atoms with Crippen LogP contribution in [0.3, 0.4) is 0 Å². The Balaban J connectivity index is 4.84. The molecule has 0 spiro atoms. The van der Waals surface area contributed by atoms with Crippen LogP contribution in [0.4, 0.5) is 0 Å². The molecule has 0 aliphatic heterocycles. The van der Waals surface area contributed by atoms with Gasteiger partial charge >= 0.3 is 0 Å². The van der Waals surface area contributed by atoms with Crippen molar-refractivity contribution in [3.63, 3.8) is 0 Å². The molecular formula is C10H20N4O3. The Morgan fingerprint density at radius 1 is 1.12 bits per heavy atom. The highest BCUT2D eigenvalue weighted by Gasteiger charge is 2.33. The van der Waals surface area contributed by atoms with Gasteiger partial charge in [-0.3, -0.25) is 14.4 Å². The average molecular weight is 244 g/mol. The fraction of sp³-hybridized carbons (Fsp3) is 0.700. The Hall–Kier alpha value is -1.63. The SMILES string of the molecule is CCCC(C)(N)C(=O)N(CC(N)=O)CC(N)=O. The van der Waals surface area contributed by atoms with E-state index in [1.54, 1.807) is 6.92 Å². The lowest BCUT2D eigenvalue weighted by atomic mass is 9.95. The number of carbonyl (C=O) groups excluding carboxylic acids is 3. The van der Waals surface area contributed by atoms with Crippen LogP contribution >= 0.6 is 0 Å². The maximum atomic E-state index is 12.0. The monoisotopic (exact) mass is 244 g/mol. The molecule has 1 unspecified atom stereocenters. The van der Waals surface area contributed by atoms with Gasteiger partial charge in [0.25, 0.3) is 0 Å². The van der Waals surface area contributed by atoms with Gasteiger partial charge in [-0.2, -0.15) is 0 Å². The van der Waals surface area contributed by atoms with Gasteiger partial charge in [-0.1, -0.05) is 13.3 Å². The van der Waals surface area contributed by atoms with Crippen molar-refractivity contribution in [3.05, 3.63) is 0 Å². The van der Waals surface area contributed by atoms with Gasteiger partial charge in [-0.25, -0.2) is 0 Å². The Kier molecular flexibility index (Phi) is 5.60. The second-order valence-electron chi connectivity index (χ2n) is 4.26. The maximum absolute atomic E-state index is 12.0. The van der Waals surface area contributed by atoms with Gasteiger partial charge in [0.15, 0.2) is 0 Å². The van der Waals surface area contributed by atoms with Gasteiger partial charge in [-0.05, 0) is 13.3 Å². The summed E-state index contributed by atoms with van der Waals surface area (Å²) in [5, 5.41) is 0. The third-order valence-corrected chi connectivity index (χ3v) is 2.24. The van der Waals surface area contributed by atoms with E-state index in [1.807, 2.05) is 6.92 Å². The maximum Gasteiger partial charge on any atom is 0.243 e. The molecule has 0 heterocycles. The molecule has 7 heteroatoms. The summed E-state index contributed by atoms with van der Waals surface area (Å²) < 4.78 is 0. The van der Waals surface area contributed by atoms with Crippen molar-refractivity contribution in [1.82, 2.24) is 4.90 Å². The van der Waals surface area contributed by atoms with Crippen molar-refractivity contribution in [2.24, 2.45) is 17.2 Å². The van der Waals surface area contributed by atoms with Crippen molar-refractivity contribution < 1.29 is 14.4 Å². The zero-order valence-electron chi connectivity index (χ0n) is 10.2. The van der Waals surface area contributed by atoms with Gasteiger partial charge < -0.3 is 22.1 Å². The van der Waals surface area contributed by atoms with Crippen LogP contribution in [0.1, 0.15) is 26.7 Å². The van der Waals surface area contributed by atoms with Gasteiger partial charge in [-0.15, -0.1) is 0 Å². The molecule has 0 saturated carbocycles. The minimum Gasteiger partial charge on any atom is -0.368 e. The highest BCUT2D eigenvalue weighted by molar-refractivity contribution is 5.92. The molecule has 6 N–H and O–H groups in total. The lowest BCUT2D eigenvalue weighted by Crippen LogP contribution is -2.56. The minimum absolute atomic E-state index is 0.363. The van der Waals surface area contributed by atoms with Crippen LogP contribution in [0.2, 0.25) is 0 Å². The smallest absolute Gasteiger partial charge is 0.243 e. The lowest BCUT2D eigenvalue weighted by molar-refractivity contribution is -0.142. The lowest BCUT2D eigenvalue weighted by Gasteiger charge is -2.30. The largest absolute Gasteiger partial charge is 0.368 e. The summed E-state index contributed by atoms with van der Waals surface area (Å²) in [6.45, 7) is 2.70. The molecule has 17 heavy (non-hydrogen) atoms. The second kappa shape index (κ2) is 6.19. The number of rotatable bonds is 7. The normalized spacial score (nSPS) is 13.8. The molecule has 0 fully saturated rings. The molecule has 0 aromatic rings. The first-order chi connectivity index (χ1) is 7.70. The fourth-order valence-electron chi connectivity index (χ4n) is 1.56. The Bertz CT molecular complexity index is 299. The van der Waals surface area contributed by atoms with E-state index >= 15 is 0 Å². The third kappa shape index (κ3) is 5.30. The highest BCUT2D eigenvalue weighted by Crippen LogP contribution is 2.12. The minimum atomic E-state index is -1.13. The molecule has 3 amide bonds. The average Bonchev–Trinajstić information content (AvgIpc) is 2.13. The van der Waals surface area contributed by atoms with Crippen LogP contribution in [0.25, 0.3) is 0 Å². The summed E-state index contributed by atoms with van der Waals surface area (Å²) in [4.78, 5) is 34.6. The van der Waals surface area contributed by atoms with Crippen LogP contribution in [0.15, 0.2) is 0 Å². The predicted octanol–water partition coefficient (Wildman–Crippen LogP) is -1.70. The van der Waals surface area contributed by atoms with E-state index in [1.165, 1.54) is 0 Å². The number of hydrogen-bond acceptors (Lipinski definition) is 4. The van der Waals surface area contributed by atoms with Crippen molar-refractivity contribution in [2.75, 3.05) is 13.1 Å². The number of nitrogens with zero attached hydrogens (tertiary/aromatic N) is 1. The predicted molar refractivity (Wildman–Crippen MR) is 62.5 cm³/mol. The van der Waals surface area contributed by atoms with E-state index in [9.17, 15) is 14.4 Å². The molecule has 0 saturated heterocycles. The third-order valence-electron chi connectivity index (χ3n) is 2.24. The summed E-state index contributed by atoms with van der Waals surface area (Å²) in [6.07, 6.45) is 1.15. The quantitative estimate of drug-likeness (QED) is 0.492. The molecular weight excluding hydrogens is 224 g/mol. The van der Waals surface area contributed by atoms with Crippen LogP contribution in [-0.4, -0.2) is 41.2 Å². The molecule has 0 aromatic heterocycles. The van der Waals surface area contributed by atoms with E-state index in [-0.39, 0.29) is 13.1 Å². The molecule has 7 nitrogen and oxygen atoms in total. The zero-order valence-corrected chi connectivity index (χ0v) is 10.2. The van der Waals surface area contributed by atoms with Gasteiger partial charge in [0.1, 0.15) is 0 Å². The summed E-state index contributed by atoms with van der Waals surface area (Å²) in [5.41, 5.74) is 14.7. The summed E-state index contributed by atoms with van der Waals surface area (Å²) in [5.74, 6) is -1.93.